The van der Waals surface area contributed by atoms with Crippen molar-refractivity contribution in [3.63, 3.8) is 0 Å². The maximum absolute atomic E-state index is 11.9. The summed E-state index contributed by atoms with van der Waals surface area (Å²) in [6.45, 7) is 2.05. The van der Waals surface area contributed by atoms with Crippen LogP contribution in [0.3, 0.4) is 0 Å². The van der Waals surface area contributed by atoms with Crippen LogP contribution in [0.1, 0.15) is 22.2 Å². The van der Waals surface area contributed by atoms with Gasteiger partial charge in [0.25, 0.3) is 5.91 Å². The Hall–Kier alpha value is -2.34. The minimum Gasteiger partial charge on any atom is -0.444 e. The van der Waals surface area contributed by atoms with Crippen LogP contribution in [0.15, 0.2) is 56.0 Å². The molecule has 1 amide bonds. The van der Waals surface area contributed by atoms with Crippen LogP contribution in [0, 0.1) is 6.92 Å². The molecule has 0 saturated heterocycles. The third-order valence-electron chi connectivity index (χ3n) is 3.09. The highest BCUT2D eigenvalue weighted by Crippen LogP contribution is 2.23. The van der Waals surface area contributed by atoms with E-state index in [1.54, 1.807) is 12.1 Å². The normalized spacial score (nSPS) is 10.6. The van der Waals surface area contributed by atoms with Crippen molar-refractivity contribution in [2.45, 2.75) is 13.5 Å². The smallest absolute Gasteiger partial charge is 0.287 e. The SMILES string of the molecule is Cc1oc(CNC(=O)c2ccc(Br)o2)nc1-c1ccccc1. The second-order valence-electron chi connectivity index (χ2n) is 4.66. The van der Waals surface area contributed by atoms with E-state index in [-0.39, 0.29) is 18.2 Å². The number of carbonyl (C=O) groups is 1. The molecule has 0 aliphatic carbocycles. The quantitative estimate of drug-likeness (QED) is 0.765. The summed E-state index contributed by atoms with van der Waals surface area (Å²) in [7, 11) is 0. The Kier molecular flexibility index (Phi) is 4.11. The summed E-state index contributed by atoms with van der Waals surface area (Å²) in [5, 5.41) is 2.71. The van der Waals surface area contributed by atoms with Gasteiger partial charge in [0.05, 0.1) is 6.54 Å². The summed E-state index contributed by atoms with van der Waals surface area (Å²) in [6, 6.07) is 13.0. The summed E-state index contributed by atoms with van der Waals surface area (Å²) in [5.41, 5.74) is 1.77. The van der Waals surface area contributed by atoms with Crippen LogP contribution in [0.25, 0.3) is 11.3 Å². The minimum absolute atomic E-state index is 0.199. The molecular formula is C16H13BrN2O3. The largest absolute Gasteiger partial charge is 0.444 e. The zero-order valence-corrected chi connectivity index (χ0v) is 13.4. The molecule has 3 rings (SSSR count). The van der Waals surface area contributed by atoms with Gasteiger partial charge in [-0.05, 0) is 35.0 Å². The number of furan rings is 1. The maximum atomic E-state index is 11.9. The van der Waals surface area contributed by atoms with Gasteiger partial charge in [0.1, 0.15) is 11.5 Å². The summed E-state index contributed by atoms with van der Waals surface area (Å²) < 4.78 is 11.3. The Balaban J connectivity index is 1.70. The predicted molar refractivity (Wildman–Crippen MR) is 84.3 cm³/mol. The molecule has 2 heterocycles. The van der Waals surface area contributed by atoms with E-state index in [4.69, 9.17) is 8.83 Å². The Morgan fingerprint density at radius 2 is 1.95 bits per heavy atom. The van der Waals surface area contributed by atoms with E-state index >= 15 is 0 Å². The molecule has 0 atom stereocenters. The number of halogens is 1. The maximum Gasteiger partial charge on any atom is 0.287 e. The van der Waals surface area contributed by atoms with Gasteiger partial charge in [-0.15, -0.1) is 0 Å². The van der Waals surface area contributed by atoms with Crippen molar-refractivity contribution in [1.82, 2.24) is 10.3 Å². The molecule has 0 radical (unpaired) electrons. The molecule has 1 N–H and O–H groups in total. The van der Waals surface area contributed by atoms with Crippen molar-refractivity contribution >= 4 is 21.8 Å². The van der Waals surface area contributed by atoms with Crippen molar-refractivity contribution in [2.75, 3.05) is 0 Å². The first-order valence-corrected chi connectivity index (χ1v) is 7.48. The molecule has 0 spiro atoms. The number of hydrogen-bond acceptors (Lipinski definition) is 4. The van der Waals surface area contributed by atoms with Crippen LogP contribution in [-0.4, -0.2) is 10.9 Å². The lowest BCUT2D eigenvalue weighted by Crippen LogP contribution is -2.22. The number of carbonyl (C=O) groups excluding carboxylic acids is 1. The van der Waals surface area contributed by atoms with Crippen LogP contribution in [0.2, 0.25) is 0 Å². The number of nitrogens with zero attached hydrogens (tertiary/aromatic N) is 1. The number of nitrogens with one attached hydrogen (secondary N) is 1. The Bertz CT molecular complexity index is 793. The van der Waals surface area contributed by atoms with E-state index in [1.165, 1.54) is 0 Å². The van der Waals surface area contributed by atoms with Gasteiger partial charge in [-0.2, -0.15) is 0 Å². The average molecular weight is 361 g/mol. The summed E-state index contributed by atoms with van der Waals surface area (Å²) >= 11 is 3.16. The van der Waals surface area contributed by atoms with Gasteiger partial charge in [0, 0.05) is 5.56 Å². The van der Waals surface area contributed by atoms with Crippen LogP contribution in [0.4, 0.5) is 0 Å². The highest BCUT2D eigenvalue weighted by molar-refractivity contribution is 9.10. The van der Waals surface area contributed by atoms with Gasteiger partial charge in [-0.3, -0.25) is 4.79 Å². The molecule has 0 fully saturated rings. The first-order valence-electron chi connectivity index (χ1n) is 6.69. The van der Waals surface area contributed by atoms with Gasteiger partial charge in [-0.1, -0.05) is 30.3 Å². The summed E-state index contributed by atoms with van der Waals surface area (Å²) in [5.74, 6) is 1.09. The van der Waals surface area contributed by atoms with Crippen molar-refractivity contribution in [2.24, 2.45) is 0 Å². The lowest BCUT2D eigenvalue weighted by Gasteiger charge is -1.98. The number of hydrogen-bond donors (Lipinski definition) is 1. The van der Waals surface area contributed by atoms with E-state index in [1.807, 2.05) is 37.3 Å². The number of aryl methyl sites for hydroxylation is 1. The van der Waals surface area contributed by atoms with E-state index < -0.39 is 0 Å². The molecule has 0 aliphatic rings. The Labute approximate surface area is 135 Å². The van der Waals surface area contributed by atoms with Crippen molar-refractivity contribution in [3.8, 4) is 11.3 Å². The lowest BCUT2D eigenvalue weighted by molar-refractivity contribution is 0.0918. The van der Waals surface area contributed by atoms with Crippen LogP contribution in [-0.2, 0) is 6.54 Å². The van der Waals surface area contributed by atoms with Crippen molar-refractivity contribution < 1.29 is 13.6 Å². The highest BCUT2D eigenvalue weighted by Gasteiger charge is 2.14. The second-order valence-corrected chi connectivity index (χ2v) is 5.45. The average Bonchev–Trinajstić information content (AvgIpc) is 3.12. The zero-order chi connectivity index (χ0) is 15.5. The number of benzene rings is 1. The first-order chi connectivity index (χ1) is 10.6. The molecule has 6 heteroatoms. The monoisotopic (exact) mass is 360 g/mol. The Morgan fingerprint density at radius 3 is 2.64 bits per heavy atom. The van der Waals surface area contributed by atoms with Crippen molar-refractivity contribution in [3.05, 3.63) is 64.5 Å². The topological polar surface area (TPSA) is 68.3 Å². The fraction of sp³-hybridized carbons (Fsp3) is 0.125. The third kappa shape index (κ3) is 3.12. The van der Waals surface area contributed by atoms with Crippen LogP contribution < -0.4 is 5.32 Å². The molecule has 3 aromatic rings. The standard InChI is InChI=1S/C16H13BrN2O3/c1-10-15(11-5-3-2-4-6-11)19-14(21-10)9-18-16(20)12-7-8-13(17)22-12/h2-8H,9H2,1H3,(H,18,20). The highest BCUT2D eigenvalue weighted by atomic mass is 79.9. The van der Waals surface area contributed by atoms with Gasteiger partial charge >= 0.3 is 0 Å². The molecule has 0 unspecified atom stereocenters. The van der Waals surface area contributed by atoms with Gasteiger partial charge in [0.2, 0.25) is 5.89 Å². The molecule has 0 aliphatic heterocycles. The molecular weight excluding hydrogens is 348 g/mol. The van der Waals surface area contributed by atoms with Crippen molar-refractivity contribution in [1.29, 1.82) is 0 Å². The van der Waals surface area contributed by atoms with Crippen LogP contribution in [0.5, 0.6) is 0 Å². The molecule has 22 heavy (non-hydrogen) atoms. The summed E-state index contributed by atoms with van der Waals surface area (Å²) in [4.78, 5) is 16.3. The van der Waals surface area contributed by atoms with Crippen LogP contribution >= 0.6 is 15.9 Å². The van der Waals surface area contributed by atoms with E-state index in [9.17, 15) is 4.79 Å². The zero-order valence-electron chi connectivity index (χ0n) is 11.8. The van der Waals surface area contributed by atoms with Gasteiger partial charge in [0.15, 0.2) is 10.4 Å². The van der Waals surface area contributed by atoms with E-state index in [2.05, 4.69) is 26.2 Å². The van der Waals surface area contributed by atoms with E-state index in [0.29, 0.717) is 10.6 Å². The number of amides is 1. The molecule has 5 nitrogen and oxygen atoms in total. The number of rotatable bonds is 4. The fourth-order valence-electron chi connectivity index (χ4n) is 2.07. The van der Waals surface area contributed by atoms with Gasteiger partial charge < -0.3 is 14.2 Å². The fourth-order valence-corrected chi connectivity index (χ4v) is 2.38. The van der Waals surface area contributed by atoms with E-state index in [0.717, 1.165) is 17.0 Å². The molecule has 112 valence electrons. The second kappa shape index (κ2) is 6.19. The third-order valence-corrected chi connectivity index (χ3v) is 3.51. The number of aromatic nitrogens is 1. The lowest BCUT2D eigenvalue weighted by atomic mass is 10.1. The molecule has 0 saturated carbocycles. The molecule has 1 aromatic carbocycles. The predicted octanol–water partition coefficient (Wildman–Crippen LogP) is 3.94. The first kappa shape index (κ1) is 14.6. The number of oxazole rings is 1. The molecule has 0 bridgehead atoms. The minimum atomic E-state index is -0.317. The Morgan fingerprint density at radius 1 is 1.18 bits per heavy atom. The van der Waals surface area contributed by atoms with Gasteiger partial charge in [-0.25, -0.2) is 4.98 Å². The molecule has 2 aromatic heterocycles. The summed E-state index contributed by atoms with van der Waals surface area (Å²) in [6.07, 6.45) is 0.